The second-order valence-electron chi connectivity index (χ2n) is 8.81. The van der Waals surface area contributed by atoms with E-state index < -0.39 is 0 Å². The third-order valence-corrected chi connectivity index (χ3v) is 7.80. The van der Waals surface area contributed by atoms with Gasteiger partial charge in [0, 0.05) is 0 Å². The predicted octanol–water partition coefficient (Wildman–Crippen LogP) is 4.95. The summed E-state index contributed by atoms with van der Waals surface area (Å²) >= 11 is 0. The van der Waals surface area contributed by atoms with E-state index in [-0.39, 0.29) is 0 Å². The monoisotopic (exact) mass is 242 g/mol. The Hall–Kier alpha value is -0.260. The van der Waals surface area contributed by atoms with Crippen LogP contribution in [0.3, 0.4) is 0 Å². The molecule has 4 bridgehead atoms. The Kier molecular flexibility index (Phi) is 1.70. The van der Waals surface area contributed by atoms with Gasteiger partial charge in [-0.1, -0.05) is 37.8 Å². The summed E-state index contributed by atoms with van der Waals surface area (Å²) in [6, 6.07) is 0. The molecular weight excluding hydrogens is 216 g/mol. The van der Waals surface area contributed by atoms with Gasteiger partial charge < -0.3 is 0 Å². The van der Waals surface area contributed by atoms with Gasteiger partial charge in [-0.15, -0.1) is 0 Å². The molecule has 18 heavy (non-hydrogen) atoms. The van der Waals surface area contributed by atoms with Gasteiger partial charge in [-0.2, -0.15) is 0 Å². The van der Waals surface area contributed by atoms with Crippen LogP contribution in [0.25, 0.3) is 0 Å². The lowest BCUT2D eigenvalue weighted by Gasteiger charge is -2.40. The van der Waals surface area contributed by atoms with Crippen molar-refractivity contribution >= 4 is 0 Å². The summed E-state index contributed by atoms with van der Waals surface area (Å²) in [7, 11) is 0. The first-order valence-corrected chi connectivity index (χ1v) is 8.33. The third-order valence-electron chi connectivity index (χ3n) is 7.80. The minimum Gasteiger partial charge on any atom is -0.0696 e. The van der Waals surface area contributed by atoms with Gasteiger partial charge in [0.15, 0.2) is 0 Å². The molecule has 0 N–H and O–H groups in total. The minimum atomic E-state index is 0.647. The van der Waals surface area contributed by atoms with Crippen LogP contribution in [-0.4, -0.2) is 0 Å². The molecule has 4 fully saturated rings. The van der Waals surface area contributed by atoms with Gasteiger partial charge in [0.25, 0.3) is 0 Å². The summed E-state index contributed by atoms with van der Waals surface area (Å²) in [4.78, 5) is 0. The van der Waals surface area contributed by atoms with Gasteiger partial charge in [0.2, 0.25) is 0 Å². The maximum Gasteiger partial charge on any atom is -0.0105 e. The number of hydrogen-bond acceptors (Lipinski definition) is 0. The third kappa shape index (κ3) is 0.991. The Balaban J connectivity index is 1.69. The van der Waals surface area contributed by atoms with E-state index in [1.54, 1.807) is 25.7 Å². The molecule has 0 aromatic rings. The molecule has 5 aliphatic carbocycles. The molecule has 0 spiro atoms. The first-order valence-electron chi connectivity index (χ1n) is 8.33. The maximum absolute atomic E-state index is 2.64. The maximum atomic E-state index is 2.64. The smallest absolute Gasteiger partial charge is 0.0105 e. The van der Waals surface area contributed by atoms with Gasteiger partial charge in [-0.3, -0.25) is 0 Å². The van der Waals surface area contributed by atoms with E-state index in [1.165, 1.54) is 25.7 Å². The highest BCUT2D eigenvalue weighted by Crippen LogP contribution is 2.74. The highest BCUT2D eigenvalue weighted by Gasteiger charge is 2.64. The van der Waals surface area contributed by atoms with Crippen molar-refractivity contribution in [3.05, 3.63) is 11.1 Å². The molecule has 98 valence electrons. The van der Waals surface area contributed by atoms with Gasteiger partial charge in [-0.05, 0) is 73.0 Å². The Morgan fingerprint density at radius 3 is 2.83 bits per heavy atom. The molecule has 0 amide bonds. The van der Waals surface area contributed by atoms with Crippen molar-refractivity contribution in [3.63, 3.8) is 0 Å². The molecule has 6 atom stereocenters. The number of fused-ring (bicyclic) bond motifs is 10. The van der Waals surface area contributed by atoms with Gasteiger partial charge in [-0.25, -0.2) is 0 Å². The lowest BCUT2D eigenvalue weighted by molar-refractivity contribution is 0.0847. The largest absolute Gasteiger partial charge is 0.0696 e. The zero-order valence-corrected chi connectivity index (χ0v) is 12.0. The molecule has 0 aromatic heterocycles. The van der Waals surface area contributed by atoms with E-state index in [0.717, 1.165) is 23.7 Å². The molecule has 4 saturated carbocycles. The summed E-state index contributed by atoms with van der Waals surface area (Å²) in [5, 5.41) is 0. The molecule has 0 radical (unpaired) electrons. The summed E-state index contributed by atoms with van der Waals surface area (Å²) in [6.07, 6.45) is 12.2. The standard InChI is InChI=1S/C18H26/c1-17-7-6-12(9-17)15-16(17)14-10-18(15,2)8-11-4-3-5-13(11)14/h11,13-14,16H,3-10H2,1-2H3. The Morgan fingerprint density at radius 2 is 1.94 bits per heavy atom. The molecule has 0 aromatic carbocycles. The van der Waals surface area contributed by atoms with E-state index in [1.807, 2.05) is 11.1 Å². The zero-order chi connectivity index (χ0) is 12.1. The van der Waals surface area contributed by atoms with Crippen LogP contribution in [0.5, 0.6) is 0 Å². The predicted molar refractivity (Wildman–Crippen MR) is 74.1 cm³/mol. The van der Waals surface area contributed by atoms with Crippen LogP contribution in [0.15, 0.2) is 11.1 Å². The fourth-order valence-electron chi connectivity index (χ4n) is 7.50. The highest BCUT2D eigenvalue weighted by molar-refractivity contribution is 5.42. The van der Waals surface area contributed by atoms with E-state index in [2.05, 4.69) is 13.8 Å². The van der Waals surface area contributed by atoms with Crippen molar-refractivity contribution < 1.29 is 0 Å². The average molecular weight is 242 g/mol. The number of rotatable bonds is 0. The van der Waals surface area contributed by atoms with Crippen LogP contribution in [0.1, 0.15) is 65.2 Å². The van der Waals surface area contributed by atoms with Gasteiger partial charge in [0.05, 0.1) is 0 Å². The molecule has 0 nitrogen and oxygen atoms in total. The molecule has 0 heteroatoms. The molecule has 0 aliphatic heterocycles. The zero-order valence-electron chi connectivity index (χ0n) is 12.0. The quantitative estimate of drug-likeness (QED) is 0.527. The van der Waals surface area contributed by atoms with Crippen molar-refractivity contribution in [2.75, 3.05) is 0 Å². The summed E-state index contributed by atoms with van der Waals surface area (Å²) in [6.45, 7) is 5.27. The molecular formula is C18H26. The van der Waals surface area contributed by atoms with Crippen molar-refractivity contribution in [1.82, 2.24) is 0 Å². The van der Waals surface area contributed by atoms with Crippen LogP contribution in [0, 0.1) is 34.5 Å². The lowest BCUT2D eigenvalue weighted by atomic mass is 9.64. The number of hydrogen-bond donors (Lipinski definition) is 0. The number of allylic oxidation sites excluding steroid dienone is 2. The molecule has 0 heterocycles. The summed E-state index contributed by atoms with van der Waals surface area (Å²) < 4.78 is 0. The SMILES string of the molecule is CC12CC3CCCC3C(C1)C1C2=C2CCC1(C)C2. The van der Waals surface area contributed by atoms with Crippen molar-refractivity contribution in [2.45, 2.75) is 65.2 Å². The second-order valence-corrected chi connectivity index (χ2v) is 8.81. The van der Waals surface area contributed by atoms with Crippen LogP contribution in [-0.2, 0) is 0 Å². The van der Waals surface area contributed by atoms with Crippen molar-refractivity contribution in [3.8, 4) is 0 Å². The Labute approximate surface area is 111 Å². The van der Waals surface area contributed by atoms with Crippen LogP contribution >= 0.6 is 0 Å². The van der Waals surface area contributed by atoms with E-state index >= 15 is 0 Å². The van der Waals surface area contributed by atoms with Gasteiger partial charge >= 0.3 is 0 Å². The summed E-state index contributed by atoms with van der Waals surface area (Å²) in [5.41, 5.74) is 5.31. The normalized spacial score (nSPS) is 60.3. The first-order chi connectivity index (χ1) is 8.61. The van der Waals surface area contributed by atoms with Crippen LogP contribution in [0.4, 0.5) is 0 Å². The minimum absolute atomic E-state index is 0.647. The topological polar surface area (TPSA) is 0 Å². The summed E-state index contributed by atoms with van der Waals surface area (Å²) in [5.74, 6) is 4.35. The van der Waals surface area contributed by atoms with E-state index in [9.17, 15) is 0 Å². The first kappa shape index (κ1) is 10.5. The average Bonchev–Trinajstić information content (AvgIpc) is 3.00. The van der Waals surface area contributed by atoms with Crippen molar-refractivity contribution in [2.24, 2.45) is 34.5 Å². The van der Waals surface area contributed by atoms with Crippen LogP contribution in [0.2, 0.25) is 0 Å². The lowest BCUT2D eigenvalue weighted by Crippen LogP contribution is -2.33. The van der Waals surface area contributed by atoms with E-state index in [4.69, 9.17) is 0 Å². The Bertz CT molecular complexity index is 459. The Morgan fingerprint density at radius 1 is 1.06 bits per heavy atom. The van der Waals surface area contributed by atoms with Crippen molar-refractivity contribution in [1.29, 1.82) is 0 Å². The fraction of sp³-hybridized carbons (Fsp3) is 0.889. The second kappa shape index (κ2) is 2.91. The molecule has 5 rings (SSSR count). The molecule has 5 aliphatic rings. The van der Waals surface area contributed by atoms with Gasteiger partial charge in [0.1, 0.15) is 0 Å². The van der Waals surface area contributed by atoms with E-state index in [0.29, 0.717) is 10.8 Å². The fourth-order valence-corrected chi connectivity index (χ4v) is 7.50. The molecule has 6 unspecified atom stereocenters. The van der Waals surface area contributed by atoms with Crippen LogP contribution < -0.4 is 0 Å². The molecule has 0 saturated heterocycles. The highest BCUT2D eigenvalue weighted by atomic mass is 14.7.